The molecule has 1 fully saturated rings. The molecule has 2 aliphatic rings. The Hall–Kier alpha value is -4.08. The molecule has 0 atom stereocenters. The molecular formula is C30H35N5O4. The number of urea groups is 1. The van der Waals surface area contributed by atoms with Crippen molar-refractivity contribution in [2.24, 2.45) is 0 Å². The number of morpholine rings is 1. The number of methoxy groups -OCH3 is 1. The van der Waals surface area contributed by atoms with Gasteiger partial charge in [-0.25, -0.2) is 4.79 Å². The highest BCUT2D eigenvalue weighted by Gasteiger charge is 2.22. The molecule has 0 aromatic heterocycles. The number of carbonyl (C=O) groups is 2. The van der Waals surface area contributed by atoms with E-state index >= 15 is 0 Å². The van der Waals surface area contributed by atoms with Crippen LogP contribution < -0.4 is 25.6 Å². The highest BCUT2D eigenvalue weighted by molar-refractivity contribution is 6.04. The molecule has 39 heavy (non-hydrogen) atoms. The van der Waals surface area contributed by atoms with Crippen LogP contribution in [0.1, 0.15) is 21.5 Å². The second kappa shape index (κ2) is 12.6. The van der Waals surface area contributed by atoms with Gasteiger partial charge in [-0.1, -0.05) is 24.3 Å². The Bertz CT molecular complexity index is 1290. The monoisotopic (exact) mass is 529 g/mol. The Kier molecular flexibility index (Phi) is 8.60. The van der Waals surface area contributed by atoms with Crippen molar-refractivity contribution in [2.45, 2.75) is 13.0 Å². The summed E-state index contributed by atoms with van der Waals surface area (Å²) in [5, 5.41) is 8.77. The molecule has 0 saturated carbocycles. The molecule has 3 amide bonds. The maximum Gasteiger partial charge on any atom is 0.323 e. The summed E-state index contributed by atoms with van der Waals surface area (Å²) in [4.78, 5) is 30.7. The predicted octanol–water partition coefficient (Wildman–Crippen LogP) is 3.96. The highest BCUT2D eigenvalue weighted by Crippen LogP contribution is 2.30. The average molecular weight is 530 g/mol. The quantitative estimate of drug-likeness (QED) is 0.409. The third-order valence-electron chi connectivity index (χ3n) is 7.14. The number of rotatable bonds is 8. The minimum absolute atomic E-state index is 0.156. The van der Waals surface area contributed by atoms with Crippen LogP contribution in [0.2, 0.25) is 0 Å². The maximum atomic E-state index is 13.5. The van der Waals surface area contributed by atoms with Crippen LogP contribution in [-0.2, 0) is 17.7 Å². The van der Waals surface area contributed by atoms with Crippen molar-refractivity contribution in [3.63, 3.8) is 0 Å². The van der Waals surface area contributed by atoms with Gasteiger partial charge < -0.3 is 30.3 Å². The number of hydrogen-bond donors (Lipinski definition) is 3. The molecule has 9 heteroatoms. The second-order valence-electron chi connectivity index (χ2n) is 9.69. The van der Waals surface area contributed by atoms with Gasteiger partial charge in [-0.3, -0.25) is 9.69 Å². The van der Waals surface area contributed by atoms with Crippen molar-refractivity contribution in [1.29, 1.82) is 0 Å². The van der Waals surface area contributed by atoms with E-state index < -0.39 is 6.03 Å². The van der Waals surface area contributed by atoms with E-state index in [1.807, 2.05) is 12.1 Å². The molecular weight excluding hydrogens is 494 g/mol. The van der Waals surface area contributed by atoms with Crippen molar-refractivity contribution in [2.75, 3.05) is 68.6 Å². The Morgan fingerprint density at radius 2 is 1.62 bits per heavy atom. The van der Waals surface area contributed by atoms with E-state index in [1.165, 1.54) is 11.1 Å². The van der Waals surface area contributed by atoms with Crippen molar-refractivity contribution < 1.29 is 19.1 Å². The first-order valence-corrected chi connectivity index (χ1v) is 13.4. The van der Waals surface area contributed by atoms with Crippen LogP contribution in [0.15, 0.2) is 66.7 Å². The normalized spacial score (nSPS) is 15.3. The zero-order valence-electron chi connectivity index (χ0n) is 22.2. The number of ether oxygens (including phenoxy) is 2. The van der Waals surface area contributed by atoms with E-state index in [0.29, 0.717) is 29.2 Å². The van der Waals surface area contributed by atoms with E-state index in [4.69, 9.17) is 9.47 Å². The number of anilines is 3. The average Bonchev–Trinajstić information content (AvgIpc) is 2.97. The summed E-state index contributed by atoms with van der Waals surface area (Å²) in [6.07, 6.45) is 0.915. The van der Waals surface area contributed by atoms with Gasteiger partial charge in [-0.2, -0.15) is 0 Å². The molecule has 0 radical (unpaired) electrons. The molecule has 3 aromatic carbocycles. The van der Waals surface area contributed by atoms with E-state index in [1.54, 1.807) is 37.4 Å². The van der Waals surface area contributed by atoms with E-state index in [2.05, 4.69) is 50.0 Å². The van der Waals surface area contributed by atoms with Crippen LogP contribution in [0.3, 0.4) is 0 Å². The zero-order valence-corrected chi connectivity index (χ0v) is 22.2. The van der Waals surface area contributed by atoms with Gasteiger partial charge in [0.1, 0.15) is 5.75 Å². The van der Waals surface area contributed by atoms with Gasteiger partial charge >= 0.3 is 6.03 Å². The first-order chi connectivity index (χ1) is 19.1. The van der Waals surface area contributed by atoms with Gasteiger partial charge in [0, 0.05) is 56.3 Å². The molecule has 204 valence electrons. The third kappa shape index (κ3) is 6.87. The molecule has 0 spiro atoms. The van der Waals surface area contributed by atoms with Crippen LogP contribution in [0.5, 0.6) is 5.75 Å². The highest BCUT2D eigenvalue weighted by atomic mass is 16.5. The largest absolute Gasteiger partial charge is 0.497 e. The van der Waals surface area contributed by atoms with Crippen LogP contribution >= 0.6 is 0 Å². The number of carbonyl (C=O) groups excluding carboxylic acids is 2. The third-order valence-corrected chi connectivity index (χ3v) is 7.14. The van der Waals surface area contributed by atoms with Crippen molar-refractivity contribution >= 4 is 29.0 Å². The lowest BCUT2D eigenvalue weighted by Crippen LogP contribution is -2.41. The van der Waals surface area contributed by atoms with Gasteiger partial charge in [0.2, 0.25) is 0 Å². The second-order valence-corrected chi connectivity index (χ2v) is 9.69. The molecule has 2 aliphatic heterocycles. The molecule has 0 aliphatic carbocycles. The summed E-state index contributed by atoms with van der Waals surface area (Å²) in [6.45, 7) is 6.04. The lowest BCUT2D eigenvalue weighted by Gasteiger charge is -2.32. The maximum absolute atomic E-state index is 13.5. The molecule has 0 unspecified atom stereocenters. The molecule has 1 saturated heterocycles. The zero-order chi connectivity index (χ0) is 27.0. The fraction of sp³-hybridized carbons (Fsp3) is 0.333. The fourth-order valence-electron chi connectivity index (χ4n) is 4.99. The van der Waals surface area contributed by atoms with Gasteiger partial charge in [0.25, 0.3) is 5.91 Å². The summed E-state index contributed by atoms with van der Waals surface area (Å²) < 4.78 is 10.6. The number of hydrogen-bond acceptors (Lipinski definition) is 6. The molecule has 3 aromatic rings. The summed E-state index contributed by atoms with van der Waals surface area (Å²) >= 11 is 0. The van der Waals surface area contributed by atoms with Crippen LogP contribution in [-0.4, -0.2) is 69.9 Å². The lowest BCUT2D eigenvalue weighted by atomic mass is 9.98. The predicted molar refractivity (Wildman–Crippen MR) is 153 cm³/mol. The van der Waals surface area contributed by atoms with Crippen LogP contribution in [0, 0.1) is 0 Å². The van der Waals surface area contributed by atoms with Crippen molar-refractivity contribution in [3.05, 3.63) is 83.4 Å². The van der Waals surface area contributed by atoms with Gasteiger partial charge in [-0.05, 0) is 60.0 Å². The topological polar surface area (TPSA) is 95.2 Å². The molecule has 9 nitrogen and oxygen atoms in total. The molecule has 2 heterocycles. The standard InChI is InChI=1S/C30H35N5O4/c1-38-26-9-6-24(7-10-26)32-30(37)33-25-8-11-28(35-14-12-22-4-2-3-5-23(22)21-35)27(20-25)29(36)31-13-15-34-16-18-39-19-17-34/h2-11,20H,12-19,21H2,1H3,(H,31,36)(H2,32,33,37). The Morgan fingerprint density at radius 3 is 2.38 bits per heavy atom. The lowest BCUT2D eigenvalue weighted by molar-refractivity contribution is 0.0383. The number of nitrogens with one attached hydrogen (secondary N) is 3. The molecule has 3 N–H and O–H groups in total. The Labute approximate surface area is 229 Å². The van der Waals surface area contributed by atoms with Crippen LogP contribution in [0.25, 0.3) is 0 Å². The number of nitrogens with zero attached hydrogens (tertiary/aromatic N) is 2. The summed E-state index contributed by atoms with van der Waals surface area (Å²) in [7, 11) is 1.60. The smallest absolute Gasteiger partial charge is 0.323 e. The van der Waals surface area contributed by atoms with Crippen molar-refractivity contribution in [1.82, 2.24) is 10.2 Å². The van der Waals surface area contributed by atoms with Gasteiger partial charge in [0.05, 0.1) is 25.9 Å². The fourth-order valence-corrected chi connectivity index (χ4v) is 4.99. The van der Waals surface area contributed by atoms with E-state index in [9.17, 15) is 9.59 Å². The SMILES string of the molecule is COc1ccc(NC(=O)Nc2ccc(N3CCc4ccccc4C3)c(C(=O)NCCN3CCOCC3)c2)cc1. The summed E-state index contributed by atoms with van der Waals surface area (Å²) in [6, 6.07) is 20.7. The minimum Gasteiger partial charge on any atom is -0.497 e. The first-order valence-electron chi connectivity index (χ1n) is 13.4. The summed E-state index contributed by atoms with van der Waals surface area (Å²) in [5.74, 6) is 0.553. The first kappa shape index (κ1) is 26.5. The van der Waals surface area contributed by atoms with Crippen molar-refractivity contribution in [3.8, 4) is 5.75 Å². The number of benzene rings is 3. The molecule has 0 bridgehead atoms. The number of fused-ring (bicyclic) bond motifs is 1. The number of amides is 3. The summed E-state index contributed by atoms with van der Waals surface area (Å²) in [5.41, 5.74) is 5.19. The van der Waals surface area contributed by atoms with Gasteiger partial charge in [0.15, 0.2) is 0 Å². The minimum atomic E-state index is -0.390. The van der Waals surface area contributed by atoms with Gasteiger partial charge in [-0.15, -0.1) is 0 Å². The Morgan fingerprint density at radius 1 is 0.897 bits per heavy atom. The van der Waals surface area contributed by atoms with Crippen LogP contribution in [0.4, 0.5) is 21.9 Å². The molecule has 5 rings (SSSR count). The van der Waals surface area contributed by atoms with E-state index in [0.717, 1.165) is 58.0 Å². The van der Waals surface area contributed by atoms with E-state index in [-0.39, 0.29) is 5.91 Å². The Balaban J connectivity index is 1.31.